The molecule has 0 atom stereocenters. The largest absolute Gasteiger partial charge is 0.490 e. The number of aromatic nitrogens is 1. The summed E-state index contributed by atoms with van der Waals surface area (Å²) in [6, 6.07) is 9.46. The highest BCUT2D eigenvalue weighted by Gasteiger charge is 2.23. The van der Waals surface area contributed by atoms with Crippen LogP contribution in [0.5, 0.6) is 5.75 Å². The van der Waals surface area contributed by atoms with Gasteiger partial charge in [0.25, 0.3) is 0 Å². The molecule has 1 aromatic carbocycles. The average molecular weight is 216 g/mol. The Morgan fingerprint density at radius 3 is 2.56 bits per heavy atom. The summed E-state index contributed by atoms with van der Waals surface area (Å²) in [6.45, 7) is 0. The van der Waals surface area contributed by atoms with Gasteiger partial charge in [-0.3, -0.25) is 0 Å². The van der Waals surface area contributed by atoms with Crippen molar-refractivity contribution in [3.8, 4) is 17.1 Å². The van der Waals surface area contributed by atoms with E-state index in [9.17, 15) is 0 Å². The van der Waals surface area contributed by atoms with E-state index in [1.165, 1.54) is 12.8 Å². The van der Waals surface area contributed by atoms with Gasteiger partial charge >= 0.3 is 0 Å². The van der Waals surface area contributed by atoms with Gasteiger partial charge in [-0.15, -0.1) is 0 Å². The molecule has 2 aromatic rings. The third-order valence-electron chi connectivity index (χ3n) is 2.49. The lowest BCUT2D eigenvalue weighted by Crippen LogP contribution is -1.94. The predicted molar refractivity (Wildman–Crippen MR) is 60.0 cm³/mol. The number of nitrogen functional groups attached to an aromatic ring is 1. The number of nitrogens with two attached hydrogens (primary N) is 1. The fourth-order valence-electron chi connectivity index (χ4n) is 1.50. The molecule has 16 heavy (non-hydrogen) atoms. The number of hydrogen-bond donors (Lipinski definition) is 1. The second-order valence-electron chi connectivity index (χ2n) is 3.96. The van der Waals surface area contributed by atoms with Gasteiger partial charge in [0.2, 0.25) is 0 Å². The van der Waals surface area contributed by atoms with E-state index in [2.05, 4.69) is 5.16 Å². The Labute approximate surface area is 93.0 Å². The van der Waals surface area contributed by atoms with Crippen LogP contribution in [0.4, 0.5) is 5.82 Å². The zero-order valence-electron chi connectivity index (χ0n) is 8.72. The molecule has 2 N–H and O–H groups in total. The van der Waals surface area contributed by atoms with Crippen LogP contribution < -0.4 is 10.5 Å². The Balaban J connectivity index is 1.80. The summed E-state index contributed by atoms with van der Waals surface area (Å²) in [4.78, 5) is 0. The van der Waals surface area contributed by atoms with Crippen molar-refractivity contribution in [2.24, 2.45) is 0 Å². The van der Waals surface area contributed by atoms with E-state index in [-0.39, 0.29) is 0 Å². The standard InChI is InChI=1S/C12H12N2O2/c13-12-7-11(16-14-12)8-1-3-9(4-2-8)15-10-5-6-10/h1-4,7,10H,5-6H2,(H2,13,14). The second kappa shape index (κ2) is 3.56. The summed E-state index contributed by atoms with van der Waals surface area (Å²) >= 11 is 0. The summed E-state index contributed by atoms with van der Waals surface area (Å²) in [5.41, 5.74) is 6.44. The summed E-state index contributed by atoms with van der Waals surface area (Å²) < 4.78 is 10.7. The zero-order chi connectivity index (χ0) is 11.0. The Morgan fingerprint density at radius 2 is 2.00 bits per heavy atom. The van der Waals surface area contributed by atoms with Gasteiger partial charge in [0.1, 0.15) is 5.75 Å². The lowest BCUT2D eigenvalue weighted by Gasteiger charge is -2.03. The number of nitrogens with zero attached hydrogens (tertiary/aromatic N) is 1. The first-order valence-electron chi connectivity index (χ1n) is 5.30. The van der Waals surface area contributed by atoms with Crippen LogP contribution in [0.3, 0.4) is 0 Å². The smallest absolute Gasteiger partial charge is 0.169 e. The summed E-state index contributed by atoms with van der Waals surface area (Å²) in [7, 11) is 0. The van der Waals surface area contributed by atoms with Crippen LogP contribution in [0.1, 0.15) is 12.8 Å². The van der Waals surface area contributed by atoms with Crippen molar-refractivity contribution in [3.05, 3.63) is 30.3 Å². The van der Waals surface area contributed by atoms with E-state index in [1.807, 2.05) is 24.3 Å². The highest BCUT2D eigenvalue weighted by atomic mass is 16.5. The molecular formula is C12H12N2O2. The number of benzene rings is 1. The van der Waals surface area contributed by atoms with E-state index in [4.69, 9.17) is 15.0 Å². The SMILES string of the molecule is Nc1cc(-c2ccc(OC3CC3)cc2)on1. The molecule has 1 aliphatic carbocycles. The fraction of sp³-hybridized carbons (Fsp3) is 0.250. The lowest BCUT2D eigenvalue weighted by molar-refractivity contribution is 0.303. The van der Waals surface area contributed by atoms with Gasteiger partial charge in [0, 0.05) is 11.6 Å². The zero-order valence-corrected chi connectivity index (χ0v) is 8.72. The Kier molecular flexibility index (Phi) is 2.06. The van der Waals surface area contributed by atoms with Gasteiger partial charge in [-0.2, -0.15) is 0 Å². The maximum absolute atomic E-state index is 5.65. The third-order valence-corrected chi connectivity index (χ3v) is 2.49. The molecule has 0 spiro atoms. The van der Waals surface area contributed by atoms with E-state index in [1.54, 1.807) is 6.07 Å². The van der Waals surface area contributed by atoms with Crippen LogP contribution in [0.25, 0.3) is 11.3 Å². The third kappa shape index (κ3) is 1.86. The number of hydrogen-bond acceptors (Lipinski definition) is 4. The van der Waals surface area contributed by atoms with Crippen molar-refractivity contribution in [1.29, 1.82) is 0 Å². The van der Waals surface area contributed by atoms with E-state index in [0.29, 0.717) is 17.7 Å². The van der Waals surface area contributed by atoms with Crippen molar-refractivity contribution in [3.63, 3.8) is 0 Å². The van der Waals surface area contributed by atoms with E-state index < -0.39 is 0 Å². The quantitative estimate of drug-likeness (QED) is 0.856. The Bertz CT molecular complexity index is 486. The molecule has 1 aliphatic rings. The average Bonchev–Trinajstić information content (AvgIpc) is 3.00. The van der Waals surface area contributed by atoms with Gasteiger partial charge in [0.05, 0.1) is 6.10 Å². The second-order valence-corrected chi connectivity index (χ2v) is 3.96. The van der Waals surface area contributed by atoms with E-state index in [0.717, 1.165) is 11.3 Å². The van der Waals surface area contributed by atoms with Crippen molar-refractivity contribution < 1.29 is 9.26 Å². The monoisotopic (exact) mass is 216 g/mol. The first-order chi connectivity index (χ1) is 7.81. The van der Waals surface area contributed by atoms with Crippen LogP contribution in [0, 0.1) is 0 Å². The molecule has 1 fully saturated rings. The van der Waals surface area contributed by atoms with Gasteiger partial charge in [-0.05, 0) is 37.1 Å². The number of anilines is 1. The predicted octanol–water partition coefficient (Wildman–Crippen LogP) is 2.47. The molecule has 1 heterocycles. The molecule has 0 radical (unpaired) electrons. The van der Waals surface area contributed by atoms with Crippen LogP contribution in [0.2, 0.25) is 0 Å². The summed E-state index contributed by atoms with van der Waals surface area (Å²) in [5.74, 6) is 1.97. The van der Waals surface area contributed by atoms with Crippen LogP contribution >= 0.6 is 0 Å². The van der Waals surface area contributed by atoms with Crippen LogP contribution in [-0.4, -0.2) is 11.3 Å². The number of ether oxygens (including phenoxy) is 1. The molecule has 4 nitrogen and oxygen atoms in total. The van der Waals surface area contributed by atoms with E-state index >= 15 is 0 Å². The Hall–Kier alpha value is -1.97. The number of rotatable bonds is 3. The molecule has 0 unspecified atom stereocenters. The minimum absolute atomic E-state index is 0.397. The van der Waals surface area contributed by atoms with Crippen molar-refractivity contribution >= 4 is 5.82 Å². The van der Waals surface area contributed by atoms with Crippen LogP contribution in [0.15, 0.2) is 34.9 Å². The topological polar surface area (TPSA) is 61.3 Å². The molecule has 4 heteroatoms. The van der Waals surface area contributed by atoms with Crippen LogP contribution in [-0.2, 0) is 0 Å². The molecule has 1 saturated carbocycles. The lowest BCUT2D eigenvalue weighted by atomic mass is 10.2. The molecule has 3 rings (SSSR count). The molecule has 0 amide bonds. The van der Waals surface area contributed by atoms with Crippen molar-refractivity contribution in [2.45, 2.75) is 18.9 Å². The van der Waals surface area contributed by atoms with Crippen molar-refractivity contribution in [1.82, 2.24) is 5.16 Å². The maximum Gasteiger partial charge on any atom is 0.169 e. The fourth-order valence-corrected chi connectivity index (χ4v) is 1.50. The molecule has 0 aliphatic heterocycles. The first-order valence-corrected chi connectivity index (χ1v) is 5.30. The highest BCUT2D eigenvalue weighted by molar-refractivity contribution is 5.60. The summed E-state index contributed by atoms with van der Waals surface area (Å²) in [5, 5.41) is 3.65. The first kappa shape index (κ1) is 9.27. The van der Waals surface area contributed by atoms with Gasteiger partial charge < -0.3 is 15.0 Å². The molecule has 82 valence electrons. The van der Waals surface area contributed by atoms with Gasteiger partial charge in [0.15, 0.2) is 11.6 Å². The van der Waals surface area contributed by atoms with Crippen molar-refractivity contribution in [2.75, 3.05) is 5.73 Å². The molecular weight excluding hydrogens is 204 g/mol. The van der Waals surface area contributed by atoms with Gasteiger partial charge in [-0.25, -0.2) is 0 Å². The Morgan fingerprint density at radius 1 is 1.25 bits per heavy atom. The normalized spacial score (nSPS) is 15.0. The van der Waals surface area contributed by atoms with Gasteiger partial charge in [-0.1, -0.05) is 5.16 Å². The summed E-state index contributed by atoms with van der Waals surface area (Å²) in [6.07, 6.45) is 2.76. The minimum Gasteiger partial charge on any atom is -0.490 e. The highest BCUT2D eigenvalue weighted by Crippen LogP contribution is 2.28. The maximum atomic E-state index is 5.65. The molecule has 1 aromatic heterocycles. The molecule has 0 bridgehead atoms. The molecule has 0 saturated heterocycles. The minimum atomic E-state index is 0.397.